The van der Waals surface area contributed by atoms with Crippen LogP contribution in [0, 0.1) is 0 Å². The van der Waals surface area contributed by atoms with Crippen LogP contribution in [0.5, 0.6) is 0 Å². The highest BCUT2D eigenvalue weighted by atomic mass is 16.3. The molecule has 322 valence electrons. The molecule has 69 heavy (non-hydrogen) atoms. The van der Waals surface area contributed by atoms with Crippen molar-refractivity contribution in [3.63, 3.8) is 0 Å². The Bertz CT molecular complexity index is 4280. The molecule has 6 heteroatoms. The van der Waals surface area contributed by atoms with Gasteiger partial charge in [0.15, 0.2) is 17.5 Å². The molecule has 14 aromatic rings. The number of para-hydroxylation sites is 3. The van der Waals surface area contributed by atoms with Gasteiger partial charge in [0.25, 0.3) is 0 Å². The standard InChI is InChI=1S/C63H39N5O/c1-3-14-40(15-4-1)42-26-28-44(29-27-42)61-64-62(66-63(65-61)46-32-35-52-51-22-9-12-25-57(51)69-58(52)39-46)45-18-13-19-48(38-45)68-56-24-11-8-21-50(56)54-37-36-53-49-20-7-10-23-55(49)67(59(53)60(54)68)47-33-30-43(31-34-47)41-16-5-2-6-17-41/h1-39H. The first-order valence-corrected chi connectivity index (χ1v) is 23.3. The van der Waals surface area contributed by atoms with Crippen molar-refractivity contribution in [2.24, 2.45) is 0 Å². The molecule has 0 aliphatic carbocycles. The zero-order valence-corrected chi connectivity index (χ0v) is 37.2. The average Bonchev–Trinajstić information content (AvgIpc) is 4.09. The number of rotatable bonds is 7. The molecule has 0 aliphatic rings. The number of aromatic nitrogens is 5. The fourth-order valence-corrected chi connectivity index (χ4v) is 10.3. The van der Waals surface area contributed by atoms with Gasteiger partial charge in [-0.1, -0.05) is 182 Å². The van der Waals surface area contributed by atoms with Gasteiger partial charge in [-0.15, -0.1) is 0 Å². The van der Waals surface area contributed by atoms with Crippen molar-refractivity contribution in [2.75, 3.05) is 0 Å². The first kappa shape index (κ1) is 38.8. The van der Waals surface area contributed by atoms with Gasteiger partial charge in [0.2, 0.25) is 0 Å². The second-order valence-electron chi connectivity index (χ2n) is 17.6. The Labute approximate surface area is 396 Å². The fourth-order valence-electron chi connectivity index (χ4n) is 10.3. The normalized spacial score (nSPS) is 11.8. The number of furan rings is 1. The van der Waals surface area contributed by atoms with Crippen LogP contribution in [0.1, 0.15) is 0 Å². The van der Waals surface area contributed by atoms with Crippen molar-refractivity contribution in [3.8, 4) is 67.8 Å². The Kier molecular flexibility index (Phi) is 8.79. The first-order chi connectivity index (χ1) is 34.2. The molecular formula is C63H39N5O. The molecule has 0 atom stereocenters. The molecule has 0 fully saturated rings. The van der Waals surface area contributed by atoms with Crippen LogP contribution in [0.4, 0.5) is 0 Å². The quantitative estimate of drug-likeness (QED) is 0.160. The van der Waals surface area contributed by atoms with E-state index in [9.17, 15) is 0 Å². The smallest absolute Gasteiger partial charge is 0.164 e. The van der Waals surface area contributed by atoms with E-state index < -0.39 is 0 Å². The molecule has 0 bridgehead atoms. The third-order valence-corrected chi connectivity index (χ3v) is 13.6. The van der Waals surface area contributed by atoms with Crippen molar-refractivity contribution in [1.29, 1.82) is 0 Å². The summed E-state index contributed by atoms with van der Waals surface area (Å²) in [5, 5.41) is 6.89. The summed E-state index contributed by atoms with van der Waals surface area (Å²) in [5.41, 5.74) is 15.5. The maximum Gasteiger partial charge on any atom is 0.164 e. The third kappa shape index (κ3) is 6.38. The lowest BCUT2D eigenvalue weighted by molar-refractivity contribution is 0.669. The molecule has 4 aromatic heterocycles. The maximum absolute atomic E-state index is 6.36. The molecule has 10 aromatic carbocycles. The van der Waals surface area contributed by atoms with E-state index in [0.717, 1.165) is 83.2 Å². The van der Waals surface area contributed by atoms with Gasteiger partial charge in [-0.2, -0.15) is 0 Å². The first-order valence-electron chi connectivity index (χ1n) is 23.3. The van der Waals surface area contributed by atoms with E-state index >= 15 is 0 Å². The van der Waals surface area contributed by atoms with Gasteiger partial charge in [0.1, 0.15) is 11.2 Å². The molecule has 0 saturated carbocycles. The van der Waals surface area contributed by atoms with E-state index in [2.05, 4.69) is 215 Å². The number of fused-ring (bicyclic) bond motifs is 10. The van der Waals surface area contributed by atoms with E-state index in [1.54, 1.807) is 0 Å². The molecule has 0 aliphatic heterocycles. The monoisotopic (exact) mass is 881 g/mol. The van der Waals surface area contributed by atoms with Crippen LogP contribution in [0.3, 0.4) is 0 Å². The summed E-state index contributed by atoms with van der Waals surface area (Å²) in [6.45, 7) is 0. The molecule has 0 radical (unpaired) electrons. The predicted octanol–water partition coefficient (Wildman–Crippen LogP) is 16.3. The van der Waals surface area contributed by atoms with Crippen LogP contribution in [0.25, 0.3) is 133 Å². The van der Waals surface area contributed by atoms with E-state index in [1.165, 1.54) is 32.7 Å². The van der Waals surface area contributed by atoms with E-state index in [-0.39, 0.29) is 0 Å². The number of benzene rings is 10. The second kappa shape index (κ2) is 15.6. The highest BCUT2D eigenvalue weighted by Crippen LogP contribution is 2.42. The Morgan fingerprint density at radius 2 is 0.681 bits per heavy atom. The SMILES string of the molecule is c1ccc(-c2ccc(-c3nc(-c4cccc(-n5c6ccccc6c6ccc7c8ccccc8n(-c8ccc(-c9ccccc9)cc8)c7c65)c4)nc(-c4ccc5c(c4)oc4ccccc45)n3)cc2)cc1. The summed E-state index contributed by atoms with van der Waals surface area (Å²) >= 11 is 0. The van der Waals surface area contributed by atoms with Crippen LogP contribution < -0.4 is 0 Å². The molecule has 0 spiro atoms. The van der Waals surface area contributed by atoms with Gasteiger partial charge < -0.3 is 13.6 Å². The van der Waals surface area contributed by atoms with Crippen molar-refractivity contribution in [2.45, 2.75) is 0 Å². The Morgan fingerprint density at radius 3 is 1.30 bits per heavy atom. The Hall–Kier alpha value is -9.39. The van der Waals surface area contributed by atoms with E-state index in [0.29, 0.717) is 17.5 Å². The lowest BCUT2D eigenvalue weighted by Gasteiger charge is -2.14. The second-order valence-corrected chi connectivity index (χ2v) is 17.6. The molecular weight excluding hydrogens is 843 g/mol. The van der Waals surface area contributed by atoms with Crippen LogP contribution in [0.2, 0.25) is 0 Å². The average molecular weight is 882 g/mol. The summed E-state index contributed by atoms with van der Waals surface area (Å²) in [6, 6.07) is 83.4. The van der Waals surface area contributed by atoms with Crippen molar-refractivity contribution < 1.29 is 4.42 Å². The lowest BCUT2D eigenvalue weighted by Crippen LogP contribution is -2.02. The minimum atomic E-state index is 0.566. The lowest BCUT2D eigenvalue weighted by atomic mass is 10.0. The zero-order valence-electron chi connectivity index (χ0n) is 37.2. The summed E-state index contributed by atoms with van der Waals surface area (Å²) in [7, 11) is 0. The minimum absolute atomic E-state index is 0.566. The minimum Gasteiger partial charge on any atom is -0.456 e. The summed E-state index contributed by atoms with van der Waals surface area (Å²) in [5.74, 6) is 1.73. The highest BCUT2D eigenvalue weighted by Gasteiger charge is 2.22. The molecule has 0 amide bonds. The molecule has 4 heterocycles. The zero-order chi connectivity index (χ0) is 45.4. The van der Waals surface area contributed by atoms with Crippen LogP contribution in [-0.4, -0.2) is 24.1 Å². The van der Waals surface area contributed by atoms with Gasteiger partial charge in [-0.3, -0.25) is 0 Å². The summed E-state index contributed by atoms with van der Waals surface area (Å²) < 4.78 is 11.2. The van der Waals surface area contributed by atoms with Crippen molar-refractivity contribution in [3.05, 3.63) is 237 Å². The maximum atomic E-state index is 6.36. The van der Waals surface area contributed by atoms with Crippen LogP contribution in [0.15, 0.2) is 241 Å². The topological polar surface area (TPSA) is 61.7 Å². The molecule has 0 saturated heterocycles. The predicted molar refractivity (Wildman–Crippen MR) is 283 cm³/mol. The number of hydrogen-bond acceptors (Lipinski definition) is 4. The van der Waals surface area contributed by atoms with Crippen LogP contribution in [-0.2, 0) is 0 Å². The van der Waals surface area contributed by atoms with Gasteiger partial charge in [0, 0.05) is 60.4 Å². The fraction of sp³-hybridized carbons (Fsp3) is 0. The third-order valence-electron chi connectivity index (χ3n) is 13.6. The highest BCUT2D eigenvalue weighted by molar-refractivity contribution is 6.24. The van der Waals surface area contributed by atoms with E-state index in [1.807, 2.05) is 30.3 Å². The van der Waals surface area contributed by atoms with Gasteiger partial charge in [-0.25, -0.2) is 15.0 Å². The van der Waals surface area contributed by atoms with Crippen LogP contribution >= 0.6 is 0 Å². The van der Waals surface area contributed by atoms with Gasteiger partial charge in [-0.05, 0) is 76.9 Å². The largest absolute Gasteiger partial charge is 0.456 e. The molecule has 6 nitrogen and oxygen atoms in total. The number of nitrogens with zero attached hydrogens (tertiary/aromatic N) is 5. The summed E-state index contributed by atoms with van der Waals surface area (Å²) in [4.78, 5) is 15.7. The van der Waals surface area contributed by atoms with Crippen molar-refractivity contribution in [1.82, 2.24) is 24.1 Å². The Morgan fingerprint density at radius 1 is 0.261 bits per heavy atom. The van der Waals surface area contributed by atoms with E-state index in [4.69, 9.17) is 19.4 Å². The molecule has 0 N–H and O–H groups in total. The van der Waals surface area contributed by atoms with Crippen molar-refractivity contribution >= 4 is 65.6 Å². The molecule has 14 rings (SSSR count). The number of hydrogen-bond donors (Lipinski definition) is 0. The summed E-state index contributed by atoms with van der Waals surface area (Å²) in [6.07, 6.45) is 0. The van der Waals surface area contributed by atoms with Gasteiger partial charge in [0.05, 0.1) is 22.1 Å². The molecule has 0 unspecified atom stereocenters. The van der Waals surface area contributed by atoms with Gasteiger partial charge >= 0.3 is 0 Å². The Balaban J connectivity index is 0.971.